The fourth-order valence-electron chi connectivity index (χ4n) is 2.00. The molecule has 0 fully saturated rings. The van der Waals surface area contributed by atoms with Crippen LogP contribution in [0.25, 0.3) is 10.2 Å². The SMILES string of the molecule is Cc1nc2ccc(NCc3ccc(Cl)c(Br)c3)cc2s1. The van der Waals surface area contributed by atoms with Crippen LogP contribution in [-0.2, 0) is 6.54 Å². The first-order valence-corrected chi connectivity index (χ1v) is 8.15. The second kappa shape index (κ2) is 5.72. The van der Waals surface area contributed by atoms with E-state index in [-0.39, 0.29) is 0 Å². The zero-order valence-corrected chi connectivity index (χ0v) is 13.9. The molecule has 1 N–H and O–H groups in total. The van der Waals surface area contributed by atoms with E-state index in [0.29, 0.717) is 0 Å². The zero-order valence-electron chi connectivity index (χ0n) is 10.8. The Morgan fingerprint density at radius 3 is 2.90 bits per heavy atom. The number of benzene rings is 2. The molecule has 0 amide bonds. The summed E-state index contributed by atoms with van der Waals surface area (Å²) in [4.78, 5) is 4.46. The minimum absolute atomic E-state index is 0.732. The summed E-state index contributed by atoms with van der Waals surface area (Å²) in [6, 6.07) is 12.2. The number of nitrogens with one attached hydrogen (secondary N) is 1. The van der Waals surface area contributed by atoms with Gasteiger partial charge in [-0.05, 0) is 58.7 Å². The van der Waals surface area contributed by atoms with Gasteiger partial charge in [0.05, 0.1) is 20.2 Å². The second-order valence-corrected chi connectivity index (χ2v) is 7.01. The number of thiazole rings is 1. The Hall–Kier alpha value is -1.10. The first-order chi connectivity index (χ1) is 9.61. The van der Waals surface area contributed by atoms with Gasteiger partial charge in [-0.1, -0.05) is 17.7 Å². The average Bonchev–Trinajstić information content (AvgIpc) is 2.79. The number of fused-ring (bicyclic) bond motifs is 1. The van der Waals surface area contributed by atoms with E-state index in [1.807, 2.05) is 25.1 Å². The monoisotopic (exact) mass is 366 g/mol. The molecule has 0 unspecified atom stereocenters. The molecule has 0 aliphatic heterocycles. The lowest BCUT2D eigenvalue weighted by Gasteiger charge is -2.07. The molecule has 0 atom stereocenters. The summed E-state index contributed by atoms with van der Waals surface area (Å²) in [5, 5.41) is 5.25. The van der Waals surface area contributed by atoms with Gasteiger partial charge >= 0.3 is 0 Å². The summed E-state index contributed by atoms with van der Waals surface area (Å²) in [7, 11) is 0. The van der Waals surface area contributed by atoms with Gasteiger partial charge in [-0.3, -0.25) is 0 Å². The second-order valence-electron chi connectivity index (χ2n) is 4.52. The van der Waals surface area contributed by atoms with Crippen LogP contribution in [0.3, 0.4) is 0 Å². The highest BCUT2D eigenvalue weighted by atomic mass is 79.9. The predicted molar refractivity (Wildman–Crippen MR) is 90.8 cm³/mol. The van der Waals surface area contributed by atoms with E-state index >= 15 is 0 Å². The number of halogens is 2. The molecule has 0 saturated carbocycles. The number of anilines is 1. The lowest BCUT2D eigenvalue weighted by atomic mass is 10.2. The summed E-state index contributed by atoms with van der Waals surface area (Å²) in [5.74, 6) is 0. The standard InChI is InChI=1S/C15H12BrClN2S/c1-9-19-14-5-3-11(7-15(14)20-9)18-8-10-2-4-13(17)12(16)6-10/h2-7,18H,8H2,1H3. The van der Waals surface area contributed by atoms with E-state index < -0.39 is 0 Å². The Balaban J connectivity index is 1.77. The molecule has 20 heavy (non-hydrogen) atoms. The van der Waals surface area contributed by atoms with Gasteiger partial charge in [0.15, 0.2) is 0 Å². The summed E-state index contributed by atoms with van der Waals surface area (Å²) in [6.07, 6.45) is 0. The molecule has 0 bridgehead atoms. The van der Waals surface area contributed by atoms with Crippen molar-refractivity contribution in [3.8, 4) is 0 Å². The van der Waals surface area contributed by atoms with E-state index in [4.69, 9.17) is 11.6 Å². The molecule has 0 spiro atoms. The number of rotatable bonds is 3. The van der Waals surface area contributed by atoms with Crippen LogP contribution in [0.15, 0.2) is 40.9 Å². The van der Waals surface area contributed by atoms with Crippen LogP contribution in [0.4, 0.5) is 5.69 Å². The van der Waals surface area contributed by atoms with Gasteiger partial charge in [-0.25, -0.2) is 4.98 Å². The third kappa shape index (κ3) is 2.97. The van der Waals surface area contributed by atoms with Gasteiger partial charge in [0, 0.05) is 16.7 Å². The summed E-state index contributed by atoms with van der Waals surface area (Å²) >= 11 is 11.2. The predicted octanol–water partition coefficient (Wildman–Crippen LogP) is 5.63. The number of aromatic nitrogens is 1. The smallest absolute Gasteiger partial charge is 0.0907 e. The lowest BCUT2D eigenvalue weighted by Crippen LogP contribution is -1.99. The van der Waals surface area contributed by atoms with Crippen molar-refractivity contribution < 1.29 is 0 Å². The van der Waals surface area contributed by atoms with Gasteiger partial charge < -0.3 is 5.32 Å². The fourth-order valence-corrected chi connectivity index (χ4v) is 3.41. The van der Waals surface area contributed by atoms with E-state index in [1.165, 1.54) is 10.3 Å². The molecule has 1 aromatic heterocycles. The van der Waals surface area contributed by atoms with Crippen molar-refractivity contribution in [1.82, 2.24) is 4.98 Å². The topological polar surface area (TPSA) is 24.9 Å². The average molecular weight is 368 g/mol. The number of hydrogen-bond donors (Lipinski definition) is 1. The molecule has 1 heterocycles. The number of aryl methyl sites for hydroxylation is 1. The molecular formula is C15H12BrClN2S. The van der Waals surface area contributed by atoms with Crippen LogP contribution in [0.5, 0.6) is 0 Å². The normalized spacial score (nSPS) is 10.9. The van der Waals surface area contributed by atoms with Crippen molar-refractivity contribution >= 4 is 54.8 Å². The Labute approximate surface area is 134 Å². The van der Waals surface area contributed by atoms with Gasteiger partial charge in [0.1, 0.15) is 0 Å². The number of hydrogen-bond acceptors (Lipinski definition) is 3. The molecular weight excluding hydrogens is 356 g/mol. The van der Waals surface area contributed by atoms with Crippen LogP contribution in [0.2, 0.25) is 5.02 Å². The van der Waals surface area contributed by atoms with Crippen LogP contribution in [-0.4, -0.2) is 4.98 Å². The van der Waals surface area contributed by atoms with Crippen LogP contribution >= 0.6 is 38.9 Å². The van der Waals surface area contributed by atoms with Gasteiger partial charge in [0.2, 0.25) is 0 Å². The minimum Gasteiger partial charge on any atom is -0.381 e. The summed E-state index contributed by atoms with van der Waals surface area (Å²) < 4.78 is 2.14. The molecule has 3 rings (SSSR count). The maximum atomic E-state index is 5.99. The Morgan fingerprint density at radius 1 is 1.25 bits per heavy atom. The molecule has 2 aromatic carbocycles. The molecule has 0 aliphatic carbocycles. The highest BCUT2D eigenvalue weighted by Crippen LogP contribution is 2.26. The largest absolute Gasteiger partial charge is 0.381 e. The highest BCUT2D eigenvalue weighted by Gasteiger charge is 2.03. The third-order valence-corrected chi connectivity index (χ3v) is 5.12. The van der Waals surface area contributed by atoms with Crippen molar-refractivity contribution in [3.63, 3.8) is 0 Å². The highest BCUT2D eigenvalue weighted by molar-refractivity contribution is 9.10. The molecule has 0 saturated heterocycles. The van der Waals surface area contributed by atoms with Gasteiger partial charge in [0.25, 0.3) is 0 Å². The van der Waals surface area contributed by atoms with Gasteiger partial charge in [-0.2, -0.15) is 0 Å². The third-order valence-electron chi connectivity index (χ3n) is 2.98. The Bertz CT molecular complexity index is 770. The van der Waals surface area contributed by atoms with Crippen molar-refractivity contribution in [2.75, 3.05) is 5.32 Å². The molecule has 102 valence electrons. The lowest BCUT2D eigenvalue weighted by molar-refractivity contribution is 1.15. The summed E-state index contributed by atoms with van der Waals surface area (Å²) in [5.41, 5.74) is 3.35. The molecule has 5 heteroatoms. The first kappa shape index (κ1) is 13.9. The van der Waals surface area contributed by atoms with Crippen molar-refractivity contribution in [2.45, 2.75) is 13.5 Å². The summed E-state index contributed by atoms with van der Waals surface area (Å²) in [6.45, 7) is 2.79. The van der Waals surface area contributed by atoms with E-state index in [2.05, 4.69) is 44.4 Å². The molecule has 3 aromatic rings. The van der Waals surface area contributed by atoms with Crippen LogP contribution in [0.1, 0.15) is 10.6 Å². The molecule has 2 nitrogen and oxygen atoms in total. The molecule has 0 aliphatic rings. The van der Waals surface area contributed by atoms with Crippen LogP contribution < -0.4 is 5.32 Å². The zero-order chi connectivity index (χ0) is 14.1. The van der Waals surface area contributed by atoms with Crippen molar-refractivity contribution in [2.24, 2.45) is 0 Å². The minimum atomic E-state index is 0.732. The number of nitrogens with zero attached hydrogens (tertiary/aromatic N) is 1. The van der Waals surface area contributed by atoms with Crippen LogP contribution in [0, 0.1) is 6.92 Å². The van der Waals surface area contributed by atoms with E-state index in [1.54, 1.807) is 11.3 Å². The molecule has 0 radical (unpaired) electrons. The van der Waals surface area contributed by atoms with E-state index in [9.17, 15) is 0 Å². The maximum Gasteiger partial charge on any atom is 0.0907 e. The van der Waals surface area contributed by atoms with E-state index in [0.717, 1.165) is 32.3 Å². The van der Waals surface area contributed by atoms with Crippen molar-refractivity contribution in [3.05, 3.63) is 56.5 Å². The quantitative estimate of drug-likeness (QED) is 0.648. The fraction of sp³-hybridized carbons (Fsp3) is 0.133. The Morgan fingerprint density at radius 2 is 2.10 bits per heavy atom. The first-order valence-electron chi connectivity index (χ1n) is 6.17. The Kier molecular flexibility index (Phi) is 3.96. The maximum absolute atomic E-state index is 5.99. The van der Waals surface area contributed by atoms with Gasteiger partial charge in [-0.15, -0.1) is 11.3 Å². The van der Waals surface area contributed by atoms with Crippen molar-refractivity contribution in [1.29, 1.82) is 0 Å².